The monoisotopic (exact) mass is 1040 g/mol. The second kappa shape index (κ2) is 21.1. The number of hydrogen-bond acceptors (Lipinski definition) is 17. The van der Waals surface area contributed by atoms with Gasteiger partial charge < -0.3 is 44.6 Å². The number of aryl methyl sites for hydroxylation is 2. The second-order valence-corrected chi connectivity index (χ2v) is 21.9. The number of pyridine rings is 3. The Hall–Kier alpha value is -7.44. The third-order valence-corrected chi connectivity index (χ3v) is 16.6. The fraction of sp³-hybridized carbons (Fsp3) is 0.410. The number of rotatable bonds is 13. The van der Waals surface area contributed by atoms with Crippen molar-refractivity contribution < 1.29 is 9.47 Å². The summed E-state index contributed by atoms with van der Waals surface area (Å²) in [5.41, 5.74) is 15.6. The van der Waals surface area contributed by atoms with Crippen LogP contribution in [0.25, 0.3) is 22.3 Å². The van der Waals surface area contributed by atoms with Crippen LogP contribution >= 0.6 is 0 Å². The Balaban J connectivity index is 0.942. The van der Waals surface area contributed by atoms with Crippen LogP contribution in [0.3, 0.4) is 0 Å². The third kappa shape index (κ3) is 9.60. The van der Waals surface area contributed by atoms with Gasteiger partial charge in [-0.2, -0.15) is 0 Å². The average molecular weight is 1040 g/mol. The highest BCUT2D eigenvalue weighted by molar-refractivity contribution is 5.94. The second-order valence-electron chi connectivity index (χ2n) is 21.9. The molecule has 0 radical (unpaired) electrons. The van der Waals surface area contributed by atoms with Crippen LogP contribution in [0.5, 0.6) is 0 Å². The molecule has 4 aromatic heterocycles. The lowest BCUT2D eigenvalue weighted by Crippen LogP contribution is -2.44. The van der Waals surface area contributed by atoms with Gasteiger partial charge in [-0.05, 0) is 122 Å². The molecule has 6 aliphatic heterocycles. The Kier molecular flexibility index (Phi) is 13.2. The summed E-state index contributed by atoms with van der Waals surface area (Å²) in [6.45, 7) is 17.9. The van der Waals surface area contributed by atoms with E-state index in [-0.39, 0.29) is 0 Å². The number of hydrogen-bond donors (Lipinski definition) is 2. The first-order valence-corrected chi connectivity index (χ1v) is 28.4. The van der Waals surface area contributed by atoms with Crippen molar-refractivity contribution in [1.29, 1.82) is 0 Å². The largest absolute Gasteiger partial charge is 0.378 e. The molecule has 8 aliphatic rings. The quantitative estimate of drug-likeness (QED) is 0.107. The number of anilines is 8. The van der Waals surface area contributed by atoms with Crippen LogP contribution < -0.4 is 40.3 Å². The fourth-order valence-electron chi connectivity index (χ4n) is 12.2. The van der Waals surface area contributed by atoms with E-state index in [0.717, 1.165) is 141 Å². The van der Waals surface area contributed by atoms with Crippen LogP contribution in [-0.2, 0) is 9.47 Å². The first-order valence-electron chi connectivity index (χ1n) is 28.4. The number of allylic oxidation sites excluding steroid dienone is 2. The molecule has 400 valence electrons. The van der Waals surface area contributed by atoms with E-state index in [9.17, 15) is 0 Å². The number of benzene rings is 2. The zero-order valence-corrected chi connectivity index (χ0v) is 44.9. The molecule has 17 nitrogen and oxygen atoms in total. The van der Waals surface area contributed by atoms with Gasteiger partial charge in [-0.25, -0.2) is 30.0 Å². The van der Waals surface area contributed by atoms with Crippen molar-refractivity contribution in [2.45, 2.75) is 51.9 Å². The van der Waals surface area contributed by atoms with E-state index >= 15 is 0 Å². The van der Waals surface area contributed by atoms with Crippen molar-refractivity contribution >= 4 is 63.0 Å². The van der Waals surface area contributed by atoms with Crippen molar-refractivity contribution in [1.82, 2.24) is 40.5 Å². The van der Waals surface area contributed by atoms with Crippen LogP contribution in [-0.4, -0.2) is 141 Å². The smallest absolute Gasteiger partial charge is 0.162 e. The predicted octanol–water partition coefficient (Wildman–Crippen LogP) is 8.54. The molecule has 78 heavy (non-hydrogen) atoms. The lowest BCUT2D eigenvalue weighted by atomic mass is 9.92. The Morgan fingerprint density at radius 2 is 1.21 bits per heavy atom. The number of piperazine rings is 2. The van der Waals surface area contributed by atoms with Gasteiger partial charge >= 0.3 is 0 Å². The van der Waals surface area contributed by atoms with Gasteiger partial charge in [0.1, 0.15) is 5.82 Å². The van der Waals surface area contributed by atoms with Crippen molar-refractivity contribution in [2.75, 3.05) is 135 Å². The number of morpholine rings is 2. The Bertz CT molecular complexity index is 3360. The van der Waals surface area contributed by atoms with Crippen molar-refractivity contribution in [3.63, 3.8) is 0 Å². The van der Waals surface area contributed by atoms with Gasteiger partial charge in [0.15, 0.2) is 17.5 Å². The van der Waals surface area contributed by atoms with Crippen LogP contribution in [0.2, 0.25) is 0 Å². The molecule has 6 fully saturated rings. The van der Waals surface area contributed by atoms with Crippen molar-refractivity contribution in [3.05, 3.63) is 137 Å². The van der Waals surface area contributed by atoms with E-state index in [2.05, 4.69) is 132 Å². The topological polar surface area (TPSA) is 142 Å². The van der Waals surface area contributed by atoms with Gasteiger partial charge in [-0.15, -0.1) is 0 Å². The summed E-state index contributed by atoms with van der Waals surface area (Å²) in [7, 11) is 0. The minimum absolute atomic E-state index is 0.494. The van der Waals surface area contributed by atoms with Gasteiger partial charge in [-0.3, -0.25) is 9.98 Å². The maximum absolute atomic E-state index is 5.80. The molecule has 0 spiro atoms. The Labute approximate surface area is 457 Å². The molecule has 6 aromatic rings. The maximum Gasteiger partial charge on any atom is 0.162 e. The number of aliphatic imine (C=N–C) groups is 1. The lowest BCUT2D eigenvalue weighted by Gasteiger charge is -2.40. The number of ether oxygens (including phenoxy) is 2. The molecule has 17 heteroatoms. The standard InChI is InChI=1S/C61H69N15O2/c1-41-33-47(70-25-29-77-30-26-70)7-9-52(41)75(55-35-45(11-14-65-55)60-68-51-38-64-37-50(43-3-4-43)58(51)61(69-60)73-23-19-63-20-24-73)76(53-10-8-48(34-42(53)2)71-27-31-78-32-28-71)56-36-49(13-16-66-56)74-39-46-12-15-67-59(44-5-6-44)57(46)54(40-74)72-21-17-62-18-22-72/h7-11,13-16,33-40,43-44,62-63H,3-6,12,17-32H2,1-2H3. The highest BCUT2D eigenvalue weighted by atomic mass is 16.5. The summed E-state index contributed by atoms with van der Waals surface area (Å²) in [6.07, 6.45) is 20.1. The molecular formula is C61H69N15O2. The van der Waals surface area contributed by atoms with E-state index < -0.39 is 0 Å². The fourth-order valence-corrected chi connectivity index (χ4v) is 12.2. The van der Waals surface area contributed by atoms with Crippen molar-refractivity contribution in [3.8, 4) is 11.4 Å². The summed E-state index contributed by atoms with van der Waals surface area (Å²) in [4.78, 5) is 43.5. The number of nitrogens with zero attached hydrogens (tertiary/aromatic N) is 13. The van der Waals surface area contributed by atoms with Crippen LogP contribution in [0, 0.1) is 19.8 Å². The van der Waals surface area contributed by atoms with Gasteiger partial charge in [0.2, 0.25) is 0 Å². The van der Waals surface area contributed by atoms with Gasteiger partial charge in [0.25, 0.3) is 0 Å². The number of fused-ring (bicyclic) bond motifs is 2. The van der Waals surface area contributed by atoms with E-state index in [1.165, 1.54) is 65.2 Å². The maximum atomic E-state index is 5.80. The van der Waals surface area contributed by atoms with Gasteiger partial charge in [-0.1, -0.05) is 0 Å². The molecule has 14 rings (SSSR count). The molecule has 0 amide bonds. The number of aromatic nitrogens is 5. The van der Waals surface area contributed by atoms with Gasteiger partial charge in [0.05, 0.1) is 66.6 Å². The molecule has 0 bridgehead atoms. The summed E-state index contributed by atoms with van der Waals surface area (Å²) in [5, 5.41) is 12.8. The molecule has 2 saturated carbocycles. The molecule has 0 atom stereocenters. The van der Waals surface area contributed by atoms with E-state index in [0.29, 0.717) is 49.9 Å². The van der Waals surface area contributed by atoms with Crippen molar-refractivity contribution in [2.24, 2.45) is 10.9 Å². The summed E-state index contributed by atoms with van der Waals surface area (Å²) >= 11 is 0. The minimum atomic E-state index is 0.494. The normalized spacial score (nSPS) is 20.0. The average Bonchev–Trinajstić information content (AvgIpc) is 4.51. The van der Waals surface area contributed by atoms with Gasteiger partial charge in [0, 0.05) is 162 Å². The number of nitrogens with one attached hydrogen (secondary N) is 2. The molecular weight excluding hydrogens is 975 g/mol. The molecule has 2 aromatic carbocycles. The molecule has 0 unspecified atom stereocenters. The summed E-state index contributed by atoms with van der Waals surface area (Å²) in [6, 6.07) is 22.2. The predicted molar refractivity (Wildman–Crippen MR) is 311 cm³/mol. The minimum Gasteiger partial charge on any atom is -0.378 e. The zero-order chi connectivity index (χ0) is 52.1. The number of hydrazine groups is 1. The highest BCUT2D eigenvalue weighted by Crippen LogP contribution is 2.48. The Morgan fingerprint density at radius 3 is 1.83 bits per heavy atom. The zero-order valence-electron chi connectivity index (χ0n) is 44.9. The molecule has 4 saturated heterocycles. The molecule has 10 heterocycles. The summed E-state index contributed by atoms with van der Waals surface area (Å²) < 4.78 is 11.6. The SMILES string of the molecule is Cc1cc(N2CCOCC2)ccc1N(c1cc(-c2nc(N3CCNCC3)c3c(C4CC4)cncc3n2)ccn1)N(c1cc(N2C=C3CC=NC(C4CC4)=C3C(N3CCNCC3)=C2)ccn1)c1ccc(N2CCOCC2)cc1C. The van der Waals surface area contributed by atoms with Crippen LogP contribution in [0.1, 0.15) is 54.7 Å². The first-order chi connectivity index (χ1) is 38.5. The van der Waals surface area contributed by atoms with E-state index in [1.54, 1.807) is 0 Å². The van der Waals surface area contributed by atoms with Crippen LogP contribution in [0.15, 0.2) is 125 Å². The first kappa shape index (κ1) is 48.9. The van der Waals surface area contributed by atoms with Crippen LogP contribution in [0.4, 0.5) is 45.9 Å². The summed E-state index contributed by atoms with van der Waals surface area (Å²) in [5.74, 6) is 4.08. The van der Waals surface area contributed by atoms with E-state index in [1.807, 2.05) is 30.9 Å². The Morgan fingerprint density at radius 1 is 0.590 bits per heavy atom. The third-order valence-electron chi connectivity index (χ3n) is 16.6. The molecule has 2 aliphatic carbocycles. The lowest BCUT2D eigenvalue weighted by molar-refractivity contribution is 0.122. The van der Waals surface area contributed by atoms with E-state index in [4.69, 9.17) is 39.4 Å². The molecule has 2 N–H and O–H groups in total. The highest BCUT2D eigenvalue weighted by Gasteiger charge is 2.37.